The molecule has 4 nitrogen and oxygen atoms in total. The SMILES string of the molecule is CCC1(CO)CCN(C(=O)CCCOC)CC1. The molecule has 0 aliphatic carbocycles. The smallest absolute Gasteiger partial charge is 0.222 e. The summed E-state index contributed by atoms with van der Waals surface area (Å²) in [6.07, 6.45) is 4.22. The summed E-state index contributed by atoms with van der Waals surface area (Å²) in [5.41, 5.74) is 0.0588. The van der Waals surface area contributed by atoms with Crippen LogP contribution in [0, 0.1) is 5.41 Å². The summed E-state index contributed by atoms with van der Waals surface area (Å²) in [7, 11) is 1.65. The lowest BCUT2D eigenvalue weighted by Gasteiger charge is -2.40. The lowest BCUT2D eigenvalue weighted by molar-refractivity contribution is -0.134. The average Bonchev–Trinajstić information content (AvgIpc) is 2.39. The molecule has 0 spiro atoms. The van der Waals surface area contributed by atoms with Gasteiger partial charge in [0.1, 0.15) is 0 Å². The number of carbonyl (C=O) groups is 1. The number of carbonyl (C=O) groups excluding carboxylic acids is 1. The monoisotopic (exact) mass is 243 g/mol. The highest BCUT2D eigenvalue weighted by atomic mass is 16.5. The molecule has 0 aromatic heterocycles. The predicted molar refractivity (Wildman–Crippen MR) is 66.7 cm³/mol. The van der Waals surface area contributed by atoms with Crippen LogP contribution in [-0.2, 0) is 9.53 Å². The van der Waals surface area contributed by atoms with Crippen molar-refractivity contribution in [2.75, 3.05) is 33.4 Å². The molecular weight excluding hydrogens is 218 g/mol. The number of aliphatic hydroxyl groups is 1. The maximum atomic E-state index is 11.9. The Kier molecular flexibility index (Phi) is 5.92. The van der Waals surface area contributed by atoms with Crippen LogP contribution in [0.1, 0.15) is 39.0 Å². The van der Waals surface area contributed by atoms with E-state index in [-0.39, 0.29) is 17.9 Å². The van der Waals surface area contributed by atoms with E-state index < -0.39 is 0 Å². The van der Waals surface area contributed by atoms with Gasteiger partial charge in [0, 0.05) is 39.8 Å². The number of hydrogen-bond acceptors (Lipinski definition) is 3. The molecular formula is C13H25NO3. The zero-order valence-electron chi connectivity index (χ0n) is 11.1. The number of methoxy groups -OCH3 is 1. The number of nitrogens with zero attached hydrogens (tertiary/aromatic N) is 1. The Labute approximate surface area is 104 Å². The summed E-state index contributed by atoms with van der Waals surface area (Å²) in [5, 5.41) is 9.42. The quantitative estimate of drug-likeness (QED) is 0.718. The van der Waals surface area contributed by atoms with E-state index in [0.717, 1.165) is 38.8 Å². The molecule has 1 rings (SSSR count). The summed E-state index contributed by atoms with van der Waals surface area (Å²) in [4.78, 5) is 13.8. The maximum Gasteiger partial charge on any atom is 0.222 e. The molecule has 1 aliphatic rings. The number of piperidine rings is 1. The molecule has 100 valence electrons. The Morgan fingerprint density at radius 1 is 1.41 bits per heavy atom. The fraction of sp³-hybridized carbons (Fsp3) is 0.923. The van der Waals surface area contributed by atoms with Crippen molar-refractivity contribution in [3.8, 4) is 0 Å². The zero-order chi connectivity index (χ0) is 12.7. The van der Waals surface area contributed by atoms with Crippen LogP contribution < -0.4 is 0 Å². The molecule has 1 saturated heterocycles. The van der Waals surface area contributed by atoms with Crippen molar-refractivity contribution in [2.24, 2.45) is 5.41 Å². The maximum absolute atomic E-state index is 11.9. The Morgan fingerprint density at radius 2 is 2.06 bits per heavy atom. The van der Waals surface area contributed by atoms with Crippen molar-refractivity contribution in [2.45, 2.75) is 39.0 Å². The van der Waals surface area contributed by atoms with Crippen LogP contribution in [0.5, 0.6) is 0 Å². The molecule has 1 amide bonds. The van der Waals surface area contributed by atoms with Crippen LogP contribution in [0.3, 0.4) is 0 Å². The summed E-state index contributed by atoms with van der Waals surface area (Å²) in [6.45, 7) is 4.59. The molecule has 1 aliphatic heterocycles. The Hall–Kier alpha value is -0.610. The molecule has 0 radical (unpaired) electrons. The lowest BCUT2D eigenvalue weighted by Crippen LogP contribution is -2.44. The summed E-state index contributed by atoms with van der Waals surface area (Å²) < 4.78 is 4.94. The minimum absolute atomic E-state index is 0.0588. The molecule has 0 saturated carbocycles. The largest absolute Gasteiger partial charge is 0.396 e. The third-order valence-corrected chi connectivity index (χ3v) is 4.00. The average molecular weight is 243 g/mol. The Balaban J connectivity index is 2.33. The van der Waals surface area contributed by atoms with Gasteiger partial charge >= 0.3 is 0 Å². The van der Waals surface area contributed by atoms with Gasteiger partial charge in [0.2, 0.25) is 5.91 Å². The number of rotatable bonds is 6. The van der Waals surface area contributed by atoms with Gasteiger partial charge in [-0.1, -0.05) is 6.92 Å². The lowest BCUT2D eigenvalue weighted by atomic mass is 9.77. The molecule has 4 heteroatoms. The predicted octanol–water partition coefficient (Wildman–Crippen LogP) is 1.42. The molecule has 17 heavy (non-hydrogen) atoms. The van der Waals surface area contributed by atoms with Crippen LogP contribution in [0.2, 0.25) is 0 Å². The standard InChI is InChI=1S/C13H25NO3/c1-3-13(11-15)6-8-14(9-7-13)12(16)5-4-10-17-2/h15H,3-11H2,1-2H3. The van der Waals surface area contributed by atoms with Crippen molar-refractivity contribution in [3.05, 3.63) is 0 Å². The van der Waals surface area contributed by atoms with E-state index in [4.69, 9.17) is 4.74 Å². The van der Waals surface area contributed by atoms with Gasteiger partial charge in [-0.15, -0.1) is 0 Å². The van der Waals surface area contributed by atoms with Crippen molar-refractivity contribution < 1.29 is 14.6 Å². The number of amides is 1. The van der Waals surface area contributed by atoms with Crippen molar-refractivity contribution in [1.29, 1.82) is 0 Å². The second-order valence-electron chi connectivity index (χ2n) is 4.99. The number of aliphatic hydroxyl groups excluding tert-OH is 1. The van der Waals surface area contributed by atoms with Gasteiger partial charge < -0.3 is 14.7 Å². The topological polar surface area (TPSA) is 49.8 Å². The van der Waals surface area contributed by atoms with Crippen LogP contribution in [0.25, 0.3) is 0 Å². The number of ether oxygens (including phenoxy) is 1. The summed E-state index contributed by atoms with van der Waals surface area (Å²) in [5.74, 6) is 0.227. The first-order valence-electron chi connectivity index (χ1n) is 6.55. The van der Waals surface area contributed by atoms with Crippen LogP contribution in [0.4, 0.5) is 0 Å². The third kappa shape index (κ3) is 3.96. The fourth-order valence-corrected chi connectivity index (χ4v) is 2.38. The highest BCUT2D eigenvalue weighted by molar-refractivity contribution is 5.76. The molecule has 1 heterocycles. The zero-order valence-corrected chi connectivity index (χ0v) is 11.1. The summed E-state index contributed by atoms with van der Waals surface area (Å²) >= 11 is 0. The van der Waals surface area contributed by atoms with E-state index in [0.29, 0.717) is 13.0 Å². The normalized spacial score (nSPS) is 19.4. The highest BCUT2D eigenvalue weighted by Crippen LogP contribution is 2.34. The van der Waals surface area contributed by atoms with Gasteiger partial charge in [0.05, 0.1) is 0 Å². The minimum Gasteiger partial charge on any atom is -0.396 e. The molecule has 0 unspecified atom stereocenters. The molecule has 1 N–H and O–H groups in total. The van der Waals surface area contributed by atoms with E-state index in [1.807, 2.05) is 4.90 Å². The van der Waals surface area contributed by atoms with Crippen LogP contribution >= 0.6 is 0 Å². The highest BCUT2D eigenvalue weighted by Gasteiger charge is 2.33. The van der Waals surface area contributed by atoms with Crippen LogP contribution in [-0.4, -0.2) is 49.3 Å². The van der Waals surface area contributed by atoms with E-state index in [2.05, 4.69) is 6.92 Å². The number of hydrogen-bond donors (Lipinski definition) is 1. The third-order valence-electron chi connectivity index (χ3n) is 4.00. The minimum atomic E-state index is 0.0588. The number of likely N-dealkylation sites (tertiary alicyclic amines) is 1. The van der Waals surface area contributed by atoms with Gasteiger partial charge in [-0.2, -0.15) is 0 Å². The first-order valence-corrected chi connectivity index (χ1v) is 6.55. The summed E-state index contributed by atoms with van der Waals surface area (Å²) in [6, 6.07) is 0. The second-order valence-corrected chi connectivity index (χ2v) is 4.99. The van der Waals surface area contributed by atoms with Crippen molar-refractivity contribution in [1.82, 2.24) is 4.90 Å². The van der Waals surface area contributed by atoms with Gasteiger partial charge in [-0.05, 0) is 31.1 Å². The Morgan fingerprint density at radius 3 is 2.53 bits per heavy atom. The van der Waals surface area contributed by atoms with E-state index in [9.17, 15) is 9.90 Å². The molecule has 1 fully saturated rings. The molecule has 0 bridgehead atoms. The van der Waals surface area contributed by atoms with Gasteiger partial charge in [0.15, 0.2) is 0 Å². The van der Waals surface area contributed by atoms with Crippen molar-refractivity contribution >= 4 is 5.91 Å². The van der Waals surface area contributed by atoms with E-state index >= 15 is 0 Å². The molecule has 0 aromatic carbocycles. The first kappa shape index (κ1) is 14.5. The Bertz CT molecular complexity index is 229. The van der Waals surface area contributed by atoms with E-state index in [1.165, 1.54) is 0 Å². The van der Waals surface area contributed by atoms with Crippen molar-refractivity contribution in [3.63, 3.8) is 0 Å². The van der Waals surface area contributed by atoms with Gasteiger partial charge in [-0.3, -0.25) is 4.79 Å². The van der Waals surface area contributed by atoms with Gasteiger partial charge in [-0.25, -0.2) is 0 Å². The molecule has 0 aromatic rings. The fourth-order valence-electron chi connectivity index (χ4n) is 2.38. The van der Waals surface area contributed by atoms with Crippen LogP contribution in [0.15, 0.2) is 0 Å². The van der Waals surface area contributed by atoms with E-state index in [1.54, 1.807) is 7.11 Å². The molecule has 0 atom stereocenters. The second kappa shape index (κ2) is 6.97. The van der Waals surface area contributed by atoms with Gasteiger partial charge in [0.25, 0.3) is 0 Å². The first-order chi connectivity index (χ1) is 8.17.